The van der Waals surface area contributed by atoms with Gasteiger partial charge in [0.15, 0.2) is 30.2 Å². The van der Waals surface area contributed by atoms with Crippen molar-refractivity contribution in [1.29, 1.82) is 0 Å². The van der Waals surface area contributed by atoms with Crippen molar-refractivity contribution in [3.63, 3.8) is 0 Å². The average Bonchev–Trinajstić information content (AvgIpc) is 2.86. The summed E-state index contributed by atoms with van der Waals surface area (Å²) in [6.07, 6.45) is 0.517. The Morgan fingerprint density at radius 1 is 0.905 bits per heavy atom. The van der Waals surface area contributed by atoms with E-state index in [0.717, 1.165) is 11.1 Å². The van der Waals surface area contributed by atoms with Crippen LogP contribution in [0, 0.1) is 11.8 Å². The maximum Gasteiger partial charge on any atom is 0.192 e. The van der Waals surface area contributed by atoms with Crippen molar-refractivity contribution < 1.29 is 32.6 Å². The van der Waals surface area contributed by atoms with E-state index in [1.807, 2.05) is 26.0 Å². The second-order valence-corrected chi connectivity index (χ2v) is 24.5. The molecule has 0 aliphatic heterocycles. The van der Waals surface area contributed by atoms with Crippen LogP contribution in [-0.2, 0) is 29.7 Å². The van der Waals surface area contributed by atoms with E-state index in [1.165, 1.54) is 0 Å². The SMILES string of the molecule is C=C(C)[C@H]1C[C@@H](O[Si](C)(C)C(C)(C)C)[C@H](C)C(=O)[C@@H]1c1c(OCOC)cc(CO[Si](C)(C)C(C)(C)C)cc1OCOC. The molecule has 0 unspecified atom stereocenters. The van der Waals surface area contributed by atoms with Crippen molar-refractivity contribution in [2.45, 2.75) is 117 Å². The summed E-state index contributed by atoms with van der Waals surface area (Å²) in [4.78, 5) is 14.4. The summed E-state index contributed by atoms with van der Waals surface area (Å²) >= 11 is 0. The zero-order chi connectivity index (χ0) is 32.3. The Bertz CT molecular complexity index is 1060. The van der Waals surface area contributed by atoms with Crippen molar-refractivity contribution >= 4 is 22.4 Å². The van der Waals surface area contributed by atoms with Gasteiger partial charge in [0.2, 0.25) is 0 Å². The largest absolute Gasteiger partial charge is 0.467 e. The van der Waals surface area contributed by atoms with Crippen molar-refractivity contribution in [2.75, 3.05) is 27.8 Å². The molecule has 1 aromatic carbocycles. The number of hydrogen-bond acceptors (Lipinski definition) is 7. The van der Waals surface area contributed by atoms with Crippen LogP contribution >= 0.6 is 0 Å². The van der Waals surface area contributed by atoms with Crippen LogP contribution in [0.15, 0.2) is 24.3 Å². The zero-order valence-corrected chi connectivity index (χ0v) is 30.9. The summed E-state index contributed by atoms with van der Waals surface area (Å²) in [7, 11) is -0.954. The molecule has 7 nitrogen and oxygen atoms in total. The monoisotopic (exact) mass is 622 g/mol. The molecule has 1 aliphatic carbocycles. The first-order valence-electron chi connectivity index (χ1n) is 15.1. The minimum Gasteiger partial charge on any atom is -0.467 e. The molecule has 0 amide bonds. The fourth-order valence-electron chi connectivity index (χ4n) is 4.80. The molecule has 1 aliphatic rings. The molecule has 1 aromatic rings. The molecule has 42 heavy (non-hydrogen) atoms. The van der Waals surface area contributed by atoms with Gasteiger partial charge in [-0.2, -0.15) is 0 Å². The minimum atomic E-state index is -2.11. The normalized spacial score (nSPS) is 22.3. The van der Waals surface area contributed by atoms with E-state index in [-0.39, 0.29) is 47.4 Å². The first-order valence-corrected chi connectivity index (χ1v) is 20.9. The molecule has 1 fully saturated rings. The Balaban J connectivity index is 2.65. The Labute approximate surface area is 257 Å². The van der Waals surface area contributed by atoms with Crippen LogP contribution in [0.4, 0.5) is 0 Å². The van der Waals surface area contributed by atoms with E-state index in [9.17, 15) is 4.79 Å². The number of rotatable bonds is 13. The van der Waals surface area contributed by atoms with Gasteiger partial charge in [0.05, 0.1) is 18.6 Å². The molecule has 4 atom stereocenters. The summed E-state index contributed by atoms with van der Waals surface area (Å²) in [5.74, 6) is 0.262. The lowest BCUT2D eigenvalue weighted by Gasteiger charge is -2.46. The van der Waals surface area contributed by atoms with Crippen LogP contribution in [-0.4, -0.2) is 56.3 Å². The van der Waals surface area contributed by atoms with Crippen LogP contribution in [0.25, 0.3) is 0 Å². The molecule has 0 N–H and O–H groups in total. The number of allylic oxidation sites excluding steroid dienone is 1. The highest BCUT2D eigenvalue weighted by Gasteiger charge is 2.49. The molecule has 0 spiro atoms. The lowest BCUT2D eigenvalue weighted by atomic mass is 9.67. The number of ketones is 1. The fraction of sp³-hybridized carbons (Fsp3) is 0.727. The van der Waals surface area contributed by atoms with Crippen molar-refractivity contribution in [2.24, 2.45) is 11.8 Å². The predicted molar refractivity (Wildman–Crippen MR) is 175 cm³/mol. The third-order valence-corrected chi connectivity index (χ3v) is 18.6. The van der Waals surface area contributed by atoms with Gasteiger partial charge in [-0.15, -0.1) is 0 Å². The first-order chi connectivity index (χ1) is 19.2. The fourth-order valence-corrected chi connectivity index (χ4v) is 7.17. The smallest absolute Gasteiger partial charge is 0.192 e. The van der Waals surface area contributed by atoms with Gasteiger partial charge in [0.25, 0.3) is 0 Å². The predicted octanol–water partition coefficient (Wildman–Crippen LogP) is 8.45. The van der Waals surface area contributed by atoms with Gasteiger partial charge in [0, 0.05) is 25.7 Å². The van der Waals surface area contributed by atoms with E-state index in [2.05, 4.69) is 74.3 Å². The molecular weight excluding hydrogens is 565 g/mol. The third-order valence-electron chi connectivity index (χ3n) is 9.63. The highest BCUT2D eigenvalue weighted by Crippen LogP contribution is 2.50. The van der Waals surface area contributed by atoms with Gasteiger partial charge in [-0.3, -0.25) is 4.79 Å². The molecular formula is C33H58O7Si2. The summed E-state index contributed by atoms with van der Waals surface area (Å²) in [5, 5.41) is 0.107. The van der Waals surface area contributed by atoms with Crippen LogP contribution in [0.5, 0.6) is 11.5 Å². The molecule has 0 saturated heterocycles. The quantitative estimate of drug-likeness (QED) is 0.124. The second-order valence-electron chi connectivity index (χ2n) is 14.9. The first kappa shape index (κ1) is 36.7. The molecule has 0 bridgehead atoms. The van der Waals surface area contributed by atoms with Crippen molar-refractivity contribution in [3.05, 3.63) is 35.4 Å². The average molecular weight is 623 g/mol. The number of hydrogen-bond donors (Lipinski definition) is 0. The third kappa shape index (κ3) is 8.57. The highest BCUT2D eigenvalue weighted by molar-refractivity contribution is 6.74. The Kier molecular flexibility index (Phi) is 12.3. The molecule has 0 aromatic heterocycles. The molecule has 2 rings (SSSR count). The summed E-state index contributed by atoms with van der Waals surface area (Å²) in [6.45, 7) is 31.1. The number of benzene rings is 1. The summed E-state index contributed by atoms with van der Waals surface area (Å²) in [6, 6.07) is 3.93. The summed E-state index contributed by atoms with van der Waals surface area (Å²) in [5.41, 5.74) is 2.55. The van der Waals surface area contributed by atoms with Crippen molar-refractivity contribution in [1.82, 2.24) is 0 Å². The van der Waals surface area contributed by atoms with Crippen LogP contribution in [0.2, 0.25) is 36.3 Å². The summed E-state index contributed by atoms with van der Waals surface area (Å²) < 4.78 is 36.3. The number of methoxy groups -OCH3 is 2. The van der Waals surface area contributed by atoms with E-state index >= 15 is 0 Å². The van der Waals surface area contributed by atoms with E-state index < -0.39 is 22.6 Å². The Morgan fingerprint density at radius 3 is 1.79 bits per heavy atom. The Hall–Kier alpha value is -1.50. The van der Waals surface area contributed by atoms with E-state index in [4.69, 9.17) is 27.8 Å². The van der Waals surface area contributed by atoms with Gasteiger partial charge in [-0.25, -0.2) is 0 Å². The van der Waals surface area contributed by atoms with Gasteiger partial charge < -0.3 is 27.8 Å². The van der Waals surface area contributed by atoms with Crippen LogP contribution in [0.1, 0.15) is 78.9 Å². The lowest BCUT2D eigenvalue weighted by molar-refractivity contribution is -0.131. The molecule has 240 valence electrons. The highest BCUT2D eigenvalue weighted by atomic mass is 28.4. The number of carbonyl (C=O) groups excluding carboxylic acids is 1. The molecule has 0 heterocycles. The lowest BCUT2D eigenvalue weighted by Crippen LogP contribution is -2.50. The number of ether oxygens (including phenoxy) is 4. The maximum absolute atomic E-state index is 14.4. The molecule has 1 saturated carbocycles. The van der Waals surface area contributed by atoms with Crippen LogP contribution < -0.4 is 9.47 Å². The molecule has 9 heteroatoms. The Morgan fingerprint density at radius 2 is 1.38 bits per heavy atom. The minimum absolute atomic E-state index is 0.0363. The maximum atomic E-state index is 14.4. The van der Waals surface area contributed by atoms with Gasteiger partial charge in [-0.05, 0) is 73.2 Å². The second kappa shape index (κ2) is 14.1. The number of Topliss-reactive ketones (excluding diaryl/α,β-unsaturated/α-hetero) is 1. The number of carbonyl (C=O) groups is 1. The standard InChI is InChI=1S/C33H58O7Si2/c1-22(2)25-18-26(40-42(14,15)33(7,8)9)23(3)31(34)29(25)30-27(37-20-35-10)16-24(17-28(30)38-21-36-11)19-39-41(12,13)32(4,5)6/h16-17,23,25-26,29H,1,18-21H2,2-15H3/t23-,25+,26+,29-/m0/s1. The topological polar surface area (TPSA) is 72.5 Å². The zero-order valence-electron chi connectivity index (χ0n) is 28.9. The van der Waals surface area contributed by atoms with Crippen LogP contribution in [0.3, 0.4) is 0 Å². The van der Waals surface area contributed by atoms with Gasteiger partial charge in [0.1, 0.15) is 17.3 Å². The van der Waals surface area contributed by atoms with Crippen molar-refractivity contribution in [3.8, 4) is 11.5 Å². The molecule has 0 radical (unpaired) electrons. The van der Waals surface area contributed by atoms with E-state index in [0.29, 0.717) is 30.1 Å². The van der Waals surface area contributed by atoms with E-state index in [1.54, 1.807) is 14.2 Å². The van der Waals surface area contributed by atoms with Gasteiger partial charge >= 0.3 is 0 Å². The van der Waals surface area contributed by atoms with Gasteiger partial charge in [-0.1, -0.05) is 60.6 Å².